The molecule has 1 aliphatic heterocycles. The molecule has 2 N–H and O–H groups in total. The lowest BCUT2D eigenvalue weighted by atomic mass is 9.85. The number of fused-ring (bicyclic) bond motifs is 2. The van der Waals surface area contributed by atoms with Gasteiger partial charge < -0.3 is 19.4 Å². The van der Waals surface area contributed by atoms with Crippen molar-refractivity contribution in [1.82, 2.24) is 0 Å². The first kappa shape index (κ1) is 19.7. The number of aliphatic hydroxyl groups is 1. The summed E-state index contributed by atoms with van der Waals surface area (Å²) in [6, 6.07) is 9.91. The zero-order valence-corrected chi connectivity index (χ0v) is 18.2. The molecule has 2 aromatic carbocycles. The quantitative estimate of drug-likeness (QED) is 0.468. The zero-order chi connectivity index (χ0) is 20.9. The van der Waals surface area contributed by atoms with Gasteiger partial charge in [-0.3, -0.25) is 4.79 Å². The summed E-state index contributed by atoms with van der Waals surface area (Å²) < 4.78 is 12.4. The molecule has 0 fully saturated rings. The van der Waals surface area contributed by atoms with Crippen molar-refractivity contribution in [3.8, 4) is 11.5 Å². The Hall–Kier alpha value is -2.58. The molecule has 2 heterocycles. The van der Waals surface area contributed by atoms with Gasteiger partial charge in [-0.2, -0.15) is 0 Å². The van der Waals surface area contributed by atoms with Crippen molar-refractivity contribution in [3.05, 3.63) is 72.5 Å². The fraction of sp³-hybridized carbons (Fsp3) is 0.143. The van der Waals surface area contributed by atoms with E-state index < -0.39 is 17.3 Å². The molecular weight excluding hydrogens is 508 g/mol. The molecular formula is C21H14Br2O6. The van der Waals surface area contributed by atoms with Gasteiger partial charge in [-0.15, -0.1) is 0 Å². The van der Waals surface area contributed by atoms with Gasteiger partial charge >= 0.3 is 5.63 Å². The average Bonchev–Trinajstić information content (AvgIpc) is 2.67. The molecule has 29 heavy (non-hydrogen) atoms. The van der Waals surface area contributed by atoms with Crippen LogP contribution in [-0.4, -0.2) is 22.6 Å². The van der Waals surface area contributed by atoms with Crippen molar-refractivity contribution < 1.29 is 24.2 Å². The minimum atomic E-state index is -1.22. The lowest BCUT2D eigenvalue weighted by Gasteiger charge is -2.25. The maximum Gasteiger partial charge on any atom is 0.344 e. The second-order valence-corrected chi connectivity index (χ2v) is 8.47. The van der Waals surface area contributed by atoms with E-state index in [0.29, 0.717) is 20.3 Å². The number of aliphatic hydroxyl groups excluding tert-OH is 1. The number of rotatable bonds is 3. The highest BCUT2D eigenvalue weighted by atomic mass is 79.9. The van der Waals surface area contributed by atoms with Crippen LogP contribution in [0, 0.1) is 0 Å². The van der Waals surface area contributed by atoms with Gasteiger partial charge in [-0.1, -0.05) is 31.9 Å². The number of halogens is 2. The SMILES string of the molecule is CC(=O)C(C1=C(O)c2cc(Br)ccc2OC1)c1c(O)c2cc(Br)ccc2oc1=O. The predicted octanol–water partition coefficient (Wildman–Crippen LogP) is 5.06. The first-order chi connectivity index (χ1) is 13.8. The van der Waals surface area contributed by atoms with E-state index >= 15 is 0 Å². The third-order valence-electron chi connectivity index (χ3n) is 4.80. The molecule has 3 aromatic rings. The van der Waals surface area contributed by atoms with Crippen molar-refractivity contribution in [1.29, 1.82) is 0 Å². The second kappa shape index (κ2) is 7.35. The number of hydrogen-bond donors (Lipinski definition) is 2. The zero-order valence-electron chi connectivity index (χ0n) is 15.0. The number of benzene rings is 2. The summed E-state index contributed by atoms with van der Waals surface area (Å²) in [7, 11) is 0. The van der Waals surface area contributed by atoms with Gasteiger partial charge in [0, 0.05) is 14.5 Å². The van der Waals surface area contributed by atoms with Crippen LogP contribution in [0.5, 0.6) is 11.5 Å². The fourth-order valence-electron chi connectivity index (χ4n) is 3.48. The number of aromatic hydroxyl groups is 1. The molecule has 0 radical (unpaired) electrons. The number of ketones is 1. The highest BCUT2D eigenvalue weighted by Crippen LogP contribution is 2.42. The number of carbonyl (C=O) groups is 1. The Bertz CT molecular complexity index is 1260. The maximum absolute atomic E-state index is 12.7. The minimum Gasteiger partial charge on any atom is -0.507 e. The second-order valence-electron chi connectivity index (χ2n) is 6.64. The molecule has 4 rings (SSSR count). The van der Waals surface area contributed by atoms with Crippen molar-refractivity contribution in [2.75, 3.05) is 6.61 Å². The van der Waals surface area contributed by atoms with Crippen molar-refractivity contribution in [2.24, 2.45) is 0 Å². The summed E-state index contributed by atoms with van der Waals surface area (Å²) in [5.41, 5.74) is -0.321. The molecule has 1 aliphatic rings. The van der Waals surface area contributed by atoms with E-state index in [1.165, 1.54) is 6.92 Å². The minimum absolute atomic E-state index is 0.111. The molecule has 0 saturated carbocycles. The van der Waals surface area contributed by atoms with E-state index in [9.17, 15) is 19.8 Å². The van der Waals surface area contributed by atoms with Gasteiger partial charge in [0.2, 0.25) is 0 Å². The average molecular weight is 522 g/mol. The van der Waals surface area contributed by atoms with Gasteiger partial charge in [0.25, 0.3) is 0 Å². The Morgan fingerprint density at radius 2 is 1.79 bits per heavy atom. The molecule has 1 unspecified atom stereocenters. The Kier molecular flexibility index (Phi) is 5.00. The summed E-state index contributed by atoms with van der Waals surface area (Å²) in [5.74, 6) is -1.73. The third-order valence-corrected chi connectivity index (χ3v) is 5.79. The maximum atomic E-state index is 12.7. The normalized spacial score (nSPS) is 14.4. The monoisotopic (exact) mass is 520 g/mol. The number of hydrogen-bond acceptors (Lipinski definition) is 6. The van der Waals surface area contributed by atoms with Gasteiger partial charge in [0.15, 0.2) is 0 Å². The summed E-state index contributed by atoms with van der Waals surface area (Å²) in [6.07, 6.45) is 0. The number of Topliss-reactive ketones (excluding diaryl/α,β-unsaturated/α-hetero) is 1. The molecule has 0 spiro atoms. The van der Waals surface area contributed by atoms with Crippen LogP contribution in [0.1, 0.15) is 24.0 Å². The predicted molar refractivity (Wildman–Crippen MR) is 114 cm³/mol. The van der Waals surface area contributed by atoms with Crippen LogP contribution in [0.3, 0.4) is 0 Å². The van der Waals surface area contributed by atoms with Gasteiger partial charge in [-0.25, -0.2) is 4.79 Å². The Labute approximate surface area is 181 Å². The number of ether oxygens (including phenoxy) is 1. The lowest BCUT2D eigenvalue weighted by Crippen LogP contribution is -2.26. The van der Waals surface area contributed by atoms with Crippen molar-refractivity contribution in [3.63, 3.8) is 0 Å². The van der Waals surface area contributed by atoms with E-state index in [0.717, 1.165) is 0 Å². The molecule has 8 heteroatoms. The standard InChI is InChI=1S/C21H14Br2O6/c1-9(24)17(14-8-28-15-4-2-10(22)6-12(15)19(14)25)18-20(26)13-7-11(23)3-5-16(13)29-21(18)27/h2-7,17,25-26H,8H2,1H3. The van der Waals surface area contributed by atoms with Crippen LogP contribution >= 0.6 is 31.9 Å². The molecule has 148 valence electrons. The molecule has 1 atom stereocenters. The summed E-state index contributed by atoms with van der Waals surface area (Å²) >= 11 is 6.66. The molecule has 0 bridgehead atoms. The van der Waals surface area contributed by atoms with Crippen molar-refractivity contribution >= 4 is 54.4 Å². The molecule has 0 amide bonds. The van der Waals surface area contributed by atoms with Crippen LogP contribution < -0.4 is 10.4 Å². The van der Waals surface area contributed by atoms with E-state index in [1.54, 1.807) is 36.4 Å². The van der Waals surface area contributed by atoms with Crippen LogP contribution in [0.4, 0.5) is 0 Å². The number of carbonyl (C=O) groups excluding carboxylic acids is 1. The smallest absolute Gasteiger partial charge is 0.344 e. The van der Waals surface area contributed by atoms with Crippen LogP contribution in [0.2, 0.25) is 0 Å². The topological polar surface area (TPSA) is 97.0 Å². The highest BCUT2D eigenvalue weighted by Gasteiger charge is 2.35. The van der Waals surface area contributed by atoms with Gasteiger partial charge in [-0.05, 0) is 43.3 Å². The highest BCUT2D eigenvalue weighted by molar-refractivity contribution is 9.10. The van der Waals surface area contributed by atoms with Crippen LogP contribution in [0.25, 0.3) is 16.7 Å². The van der Waals surface area contributed by atoms with E-state index in [-0.39, 0.29) is 40.2 Å². The molecule has 0 saturated heterocycles. The molecule has 0 aliphatic carbocycles. The summed E-state index contributed by atoms with van der Waals surface area (Å²) in [5, 5.41) is 22.0. The Balaban J connectivity index is 1.98. The van der Waals surface area contributed by atoms with E-state index in [1.807, 2.05) is 0 Å². The Morgan fingerprint density at radius 1 is 1.10 bits per heavy atom. The van der Waals surface area contributed by atoms with E-state index in [4.69, 9.17) is 9.15 Å². The van der Waals surface area contributed by atoms with Crippen LogP contribution in [-0.2, 0) is 4.79 Å². The lowest BCUT2D eigenvalue weighted by molar-refractivity contribution is -0.117. The summed E-state index contributed by atoms with van der Waals surface area (Å²) in [6.45, 7) is 1.17. The van der Waals surface area contributed by atoms with Gasteiger partial charge in [0.05, 0.1) is 22.4 Å². The van der Waals surface area contributed by atoms with E-state index in [2.05, 4.69) is 31.9 Å². The van der Waals surface area contributed by atoms with Crippen LogP contribution in [0.15, 0.2) is 60.1 Å². The first-order valence-electron chi connectivity index (χ1n) is 8.58. The largest absolute Gasteiger partial charge is 0.507 e. The Morgan fingerprint density at radius 3 is 2.52 bits per heavy atom. The van der Waals surface area contributed by atoms with Gasteiger partial charge in [0.1, 0.15) is 35.2 Å². The first-order valence-corrected chi connectivity index (χ1v) is 10.2. The molecule has 6 nitrogen and oxygen atoms in total. The molecule has 1 aromatic heterocycles. The summed E-state index contributed by atoms with van der Waals surface area (Å²) in [4.78, 5) is 25.3. The van der Waals surface area contributed by atoms with Crippen molar-refractivity contribution in [2.45, 2.75) is 12.8 Å². The fourth-order valence-corrected chi connectivity index (χ4v) is 4.20. The third kappa shape index (κ3) is 3.36.